The lowest BCUT2D eigenvalue weighted by molar-refractivity contribution is -0.0326. The molecule has 20 heavy (non-hydrogen) atoms. The maximum absolute atomic E-state index is 13.0. The Morgan fingerprint density at radius 1 is 1.40 bits per heavy atom. The van der Waals surface area contributed by atoms with E-state index in [0.29, 0.717) is 11.7 Å². The molecule has 1 aromatic heterocycles. The highest BCUT2D eigenvalue weighted by Crippen LogP contribution is 2.25. The van der Waals surface area contributed by atoms with Gasteiger partial charge in [-0.05, 0) is 17.7 Å². The summed E-state index contributed by atoms with van der Waals surface area (Å²) >= 11 is 1.51. The number of halogens is 1. The first kappa shape index (κ1) is 13.5. The Hall–Kier alpha value is -1.50. The van der Waals surface area contributed by atoms with E-state index >= 15 is 0 Å². The Balaban J connectivity index is 1.65. The number of benzene rings is 1. The number of aromatic nitrogens is 1. The molecule has 1 aliphatic heterocycles. The molecule has 1 fully saturated rings. The number of ether oxygens (including phenoxy) is 1. The molecule has 0 aliphatic carbocycles. The quantitative estimate of drug-likeness (QED) is 0.944. The molecule has 1 aliphatic rings. The first-order valence-corrected chi connectivity index (χ1v) is 7.32. The molecule has 2 aromatic rings. The molecule has 1 unspecified atom stereocenters. The van der Waals surface area contributed by atoms with Crippen LogP contribution >= 0.6 is 11.3 Å². The van der Waals surface area contributed by atoms with Gasteiger partial charge in [0.25, 0.3) is 0 Å². The topological polar surface area (TPSA) is 51.4 Å². The van der Waals surface area contributed by atoms with Crippen LogP contribution < -0.4 is 5.73 Å². The van der Waals surface area contributed by atoms with E-state index < -0.39 is 0 Å². The Bertz CT molecular complexity index is 572. The van der Waals surface area contributed by atoms with Crippen LogP contribution in [0.5, 0.6) is 0 Å². The molecule has 2 heterocycles. The highest BCUT2D eigenvalue weighted by molar-refractivity contribution is 7.15. The van der Waals surface area contributed by atoms with Gasteiger partial charge in [-0.25, -0.2) is 9.37 Å². The van der Waals surface area contributed by atoms with Gasteiger partial charge in [-0.2, -0.15) is 0 Å². The molecule has 1 saturated heterocycles. The highest BCUT2D eigenvalue weighted by Gasteiger charge is 2.22. The van der Waals surface area contributed by atoms with Gasteiger partial charge < -0.3 is 10.5 Å². The normalized spacial score (nSPS) is 20.1. The average Bonchev–Trinajstić information content (AvgIpc) is 2.85. The molecule has 1 atom stereocenters. The van der Waals surface area contributed by atoms with Gasteiger partial charge >= 0.3 is 0 Å². The standard InChI is InChI=1S/C14H16FN3OS/c15-11-3-1-10(2-4-11)13-9-18(5-6-19-13)8-12-7-17-14(16)20-12/h1-4,7,13H,5-6,8-9H2,(H2,16,17). The monoisotopic (exact) mass is 293 g/mol. The van der Waals surface area contributed by atoms with Crippen molar-refractivity contribution in [1.29, 1.82) is 0 Å². The fraction of sp³-hybridized carbons (Fsp3) is 0.357. The SMILES string of the molecule is Nc1ncc(CN2CCOC(c3ccc(F)cc3)C2)s1. The minimum Gasteiger partial charge on any atom is -0.375 e. The van der Waals surface area contributed by atoms with Crippen LogP contribution in [-0.2, 0) is 11.3 Å². The third kappa shape index (κ3) is 3.15. The number of morpholine rings is 1. The van der Waals surface area contributed by atoms with E-state index in [1.54, 1.807) is 12.1 Å². The van der Waals surface area contributed by atoms with Crippen molar-refractivity contribution in [2.24, 2.45) is 0 Å². The van der Waals surface area contributed by atoms with Gasteiger partial charge in [0.05, 0.1) is 12.7 Å². The molecule has 0 bridgehead atoms. The van der Waals surface area contributed by atoms with Crippen LogP contribution in [0.2, 0.25) is 0 Å². The largest absolute Gasteiger partial charge is 0.375 e. The molecule has 0 amide bonds. The van der Waals surface area contributed by atoms with Crippen LogP contribution in [0.1, 0.15) is 16.5 Å². The number of nitrogens with zero attached hydrogens (tertiary/aromatic N) is 2. The zero-order chi connectivity index (χ0) is 13.9. The minimum atomic E-state index is -0.221. The van der Waals surface area contributed by atoms with Gasteiger partial charge in [0.2, 0.25) is 0 Å². The molecule has 106 valence electrons. The van der Waals surface area contributed by atoms with Gasteiger partial charge in [0.1, 0.15) is 5.82 Å². The minimum absolute atomic E-state index is 0.00498. The Labute approximate surface area is 121 Å². The lowest BCUT2D eigenvalue weighted by atomic mass is 10.1. The number of hydrogen-bond acceptors (Lipinski definition) is 5. The number of nitrogen functional groups attached to an aromatic ring is 1. The summed E-state index contributed by atoms with van der Waals surface area (Å²) in [4.78, 5) is 7.53. The molecule has 0 spiro atoms. The van der Waals surface area contributed by atoms with Crippen molar-refractivity contribution in [2.45, 2.75) is 12.6 Å². The second-order valence-electron chi connectivity index (χ2n) is 4.81. The summed E-state index contributed by atoms with van der Waals surface area (Å²) < 4.78 is 18.7. The van der Waals surface area contributed by atoms with Crippen molar-refractivity contribution < 1.29 is 9.13 Å². The second kappa shape index (κ2) is 5.87. The van der Waals surface area contributed by atoms with E-state index in [4.69, 9.17) is 10.5 Å². The molecule has 0 radical (unpaired) electrons. The zero-order valence-corrected chi connectivity index (χ0v) is 11.8. The van der Waals surface area contributed by atoms with Crippen LogP contribution in [0, 0.1) is 5.82 Å². The fourth-order valence-electron chi connectivity index (χ4n) is 2.34. The number of hydrogen-bond donors (Lipinski definition) is 1. The number of anilines is 1. The van der Waals surface area contributed by atoms with Gasteiger partial charge in [-0.15, -0.1) is 11.3 Å². The van der Waals surface area contributed by atoms with Crippen LogP contribution in [0.15, 0.2) is 30.5 Å². The molecular weight excluding hydrogens is 277 g/mol. The van der Waals surface area contributed by atoms with Crippen molar-refractivity contribution in [1.82, 2.24) is 9.88 Å². The molecule has 2 N–H and O–H groups in total. The van der Waals surface area contributed by atoms with Crippen molar-refractivity contribution in [3.05, 3.63) is 46.7 Å². The summed E-state index contributed by atoms with van der Waals surface area (Å²) in [7, 11) is 0. The third-order valence-electron chi connectivity index (χ3n) is 3.34. The molecular formula is C14H16FN3OS. The van der Waals surface area contributed by atoms with Crippen LogP contribution in [0.25, 0.3) is 0 Å². The maximum atomic E-state index is 13.0. The van der Waals surface area contributed by atoms with Crippen molar-refractivity contribution in [3.63, 3.8) is 0 Å². The lowest BCUT2D eigenvalue weighted by Gasteiger charge is -2.32. The summed E-state index contributed by atoms with van der Waals surface area (Å²) in [5.41, 5.74) is 6.66. The smallest absolute Gasteiger partial charge is 0.180 e. The predicted octanol–water partition coefficient (Wildman–Crippen LogP) is 2.44. The average molecular weight is 293 g/mol. The van der Waals surface area contributed by atoms with Crippen LogP contribution in [0.4, 0.5) is 9.52 Å². The van der Waals surface area contributed by atoms with Gasteiger partial charge in [-0.3, -0.25) is 4.90 Å². The molecule has 3 rings (SSSR count). The maximum Gasteiger partial charge on any atom is 0.180 e. The zero-order valence-electron chi connectivity index (χ0n) is 11.0. The van der Waals surface area contributed by atoms with E-state index in [1.165, 1.54) is 23.5 Å². The first-order chi connectivity index (χ1) is 9.70. The third-order valence-corrected chi connectivity index (χ3v) is 4.15. The van der Waals surface area contributed by atoms with Crippen LogP contribution in [0.3, 0.4) is 0 Å². The first-order valence-electron chi connectivity index (χ1n) is 6.50. The van der Waals surface area contributed by atoms with E-state index in [2.05, 4.69) is 9.88 Å². The molecule has 6 heteroatoms. The van der Waals surface area contributed by atoms with Crippen molar-refractivity contribution >= 4 is 16.5 Å². The molecule has 0 saturated carbocycles. The summed E-state index contributed by atoms with van der Waals surface area (Å²) in [6.45, 7) is 3.19. The van der Waals surface area contributed by atoms with Gasteiger partial charge in [-0.1, -0.05) is 12.1 Å². The van der Waals surface area contributed by atoms with Crippen LogP contribution in [-0.4, -0.2) is 29.6 Å². The number of rotatable bonds is 3. The predicted molar refractivity (Wildman–Crippen MR) is 76.9 cm³/mol. The fourth-order valence-corrected chi connectivity index (χ4v) is 3.07. The molecule has 4 nitrogen and oxygen atoms in total. The van der Waals surface area contributed by atoms with Crippen molar-refractivity contribution in [2.75, 3.05) is 25.4 Å². The van der Waals surface area contributed by atoms with Gasteiger partial charge in [0, 0.05) is 30.7 Å². The second-order valence-corrected chi connectivity index (χ2v) is 5.96. The lowest BCUT2D eigenvalue weighted by Crippen LogP contribution is -2.37. The summed E-state index contributed by atoms with van der Waals surface area (Å²) in [5, 5.41) is 0.600. The van der Waals surface area contributed by atoms with E-state index in [-0.39, 0.29) is 11.9 Å². The van der Waals surface area contributed by atoms with E-state index in [0.717, 1.165) is 30.1 Å². The van der Waals surface area contributed by atoms with E-state index in [1.807, 2.05) is 6.20 Å². The Kier molecular flexibility index (Phi) is 3.95. The summed E-state index contributed by atoms with van der Waals surface area (Å²) in [6, 6.07) is 6.52. The molecule has 1 aromatic carbocycles. The Morgan fingerprint density at radius 3 is 2.90 bits per heavy atom. The van der Waals surface area contributed by atoms with Gasteiger partial charge in [0.15, 0.2) is 5.13 Å². The summed E-state index contributed by atoms with van der Waals surface area (Å²) in [6.07, 6.45) is 1.82. The highest BCUT2D eigenvalue weighted by atomic mass is 32.1. The van der Waals surface area contributed by atoms with E-state index in [9.17, 15) is 4.39 Å². The number of nitrogens with two attached hydrogens (primary N) is 1. The number of thiazole rings is 1. The van der Waals surface area contributed by atoms with Crippen molar-refractivity contribution in [3.8, 4) is 0 Å². The summed E-state index contributed by atoms with van der Waals surface area (Å²) in [5.74, 6) is -0.221. The Morgan fingerprint density at radius 2 is 2.20 bits per heavy atom.